The topological polar surface area (TPSA) is 69.1 Å². The lowest BCUT2D eigenvalue weighted by Gasteiger charge is -2.19. The van der Waals surface area contributed by atoms with Gasteiger partial charge in [-0.25, -0.2) is 0 Å². The number of carbonyl (C=O) groups excluding carboxylic acids is 1. The largest absolute Gasteiger partial charge is 0.368 e. The normalized spacial score (nSPS) is 14.4. The van der Waals surface area contributed by atoms with Crippen molar-refractivity contribution in [3.05, 3.63) is 29.3 Å². The minimum atomic E-state index is -0.950. The molecule has 0 bridgehead atoms. The van der Waals surface area contributed by atoms with Crippen molar-refractivity contribution >= 4 is 29.3 Å². The molecular weight excluding hydrogens is 244 g/mol. The Hall–Kier alpha value is -0.710. The molecule has 1 atom stereocenters. The van der Waals surface area contributed by atoms with E-state index in [-0.39, 0.29) is 0 Å². The van der Waals surface area contributed by atoms with Crippen LogP contribution in [0.5, 0.6) is 0 Å². The smallest absolute Gasteiger partial charge is 0.237 e. The van der Waals surface area contributed by atoms with Crippen molar-refractivity contribution in [2.24, 2.45) is 11.5 Å². The van der Waals surface area contributed by atoms with Crippen molar-refractivity contribution in [1.29, 1.82) is 0 Å². The van der Waals surface area contributed by atoms with Gasteiger partial charge in [0.2, 0.25) is 5.91 Å². The molecule has 88 valence electrons. The fraction of sp³-hybridized carbons (Fsp3) is 0.364. The monoisotopic (exact) mass is 258 g/mol. The van der Waals surface area contributed by atoms with Gasteiger partial charge in [0.05, 0.1) is 10.6 Å². The average molecular weight is 259 g/mol. The van der Waals surface area contributed by atoms with Crippen LogP contribution in [0.1, 0.15) is 13.3 Å². The molecule has 1 rings (SSSR count). The van der Waals surface area contributed by atoms with Gasteiger partial charge in [-0.05, 0) is 25.5 Å². The van der Waals surface area contributed by atoms with Crippen molar-refractivity contribution in [3.8, 4) is 0 Å². The van der Waals surface area contributed by atoms with E-state index in [0.717, 1.165) is 4.90 Å². The second-order valence-corrected chi connectivity index (χ2v) is 5.35. The van der Waals surface area contributed by atoms with Gasteiger partial charge in [-0.2, -0.15) is 0 Å². The Labute approximate surface area is 105 Å². The molecule has 0 fully saturated rings. The molecule has 1 aromatic carbocycles. The first-order valence-electron chi connectivity index (χ1n) is 4.89. The molecule has 0 aliphatic heterocycles. The summed E-state index contributed by atoms with van der Waals surface area (Å²) in [5.41, 5.74) is 9.97. The van der Waals surface area contributed by atoms with E-state index in [2.05, 4.69) is 0 Å². The van der Waals surface area contributed by atoms with Crippen LogP contribution in [-0.4, -0.2) is 17.2 Å². The zero-order valence-electron chi connectivity index (χ0n) is 9.07. The maximum atomic E-state index is 11.0. The highest BCUT2D eigenvalue weighted by atomic mass is 35.5. The number of nitrogens with two attached hydrogens (primary N) is 2. The SMILES string of the molecule is CC(N)(CCSc1ccccc1Cl)C(N)=O. The molecular formula is C11H15ClN2OS. The minimum Gasteiger partial charge on any atom is -0.368 e. The summed E-state index contributed by atoms with van der Waals surface area (Å²) in [7, 11) is 0. The lowest BCUT2D eigenvalue weighted by molar-refractivity contribution is -0.122. The number of rotatable bonds is 5. The number of hydrogen-bond donors (Lipinski definition) is 2. The maximum Gasteiger partial charge on any atom is 0.237 e. The fourth-order valence-corrected chi connectivity index (χ4v) is 2.48. The zero-order chi connectivity index (χ0) is 12.2. The summed E-state index contributed by atoms with van der Waals surface area (Å²) in [4.78, 5) is 12.0. The molecule has 0 aliphatic carbocycles. The Morgan fingerprint density at radius 1 is 1.50 bits per heavy atom. The number of benzene rings is 1. The summed E-state index contributed by atoms with van der Waals surface area (Å²) in [5, 5.41) is 0.713. The van der Waals surface area contributed by atoms with Gasteiger partial charge in [0, 0.05) is 10.6 Å². The van der Waals surface area contributed by atoms with Gasteiger partial charge >= 0.3 is 0 Å². The Balaban J connectivity index is 2.48. The summed E-state index contributed by atoms with van der Waals surface area (Å²) in [6.07, 6.45) is 0.526. The summed E-state index contributed by atoms with van der Waals surface area (Å²) in [6.45, 7) is 1.64. The van der Waals surface area contributed by atoms with Crippen molar-refractivity contribution in [2.75, 3.05) is 5.75 Å². The van der Waals surface area contributed by atoms with Gasteiger partial charge in [0.25, 0.3) is 0 Å². The maximum absolute atomic E-state index is 11.0. The molecule has 5 heteroatoms. The van der Waals surface area contributed by atoms with Gasteiger partial charge in [0.1, 0.15) is 0 Å². The van der Waals surface area contributed by atoms with Crippen LogP contribution in [0.15, 0.2) is 29.2 Å². The molecule has 0 heterocycles. The molecule has 0 spiro atoms. The van der Waals surface area contributed by atoms with E-state index >= 15 is 0 Å². The van der Waals surface area contributed by atoms with Crippen LogP contribution in [0, 0.1) is 0 Å². The molecule has 1 aromatic rings. The third kappa shape index (κ3) is 3.70. The molecule has 0 aliphatic rings. The van der Waals surface area contributed by atoms with Crippen molar-refractivity contribution in [1.82, 2.24) is 0 Å². The van der Waals surface area contributed by atoms with E-state index in [1.165, 1.54) is 0 Å². The number of hydrogen-bond acceptors (Lipinski definition) is 3. The highest BCUT2D eigenvalue weighted by Crippen LogP contribution is 2.27. The van der Waals surface area contributed by atoms with E-state index in [1.807, 2.05) is 24.3 Å². The van der Waals surface area contributed by atoms with Gasteiger partial charge in [-0.3, -0.25) is 4.79 Å². The quantitative estimate of drug-likeness (QED) is 0.794. The number of halogens is 1. The van der Waals surface area contributed by atoms with Crippen LogP contribution < -0.4 is 11.5 Å². The predicted molar refractivity (Wildman–Crippen MR) is 68.6 cm³/mol. The fourth-order valence-electron chi connectivity index (χ4n) is 1.06. The Morgan fingerprint density at radius 2 is 2.12 bits per heavy atom. The third-order valence-electron chi connectivity index (χ3n) is 2.28. The summed E-state index contributed by atoms with van der Waals surface area (Å²) in [5.74, 6) is 0.229. The van der Waals surface area contributed by atoms with Crippen molar-refractivity contribution < 1.29 is 4.79 Å². The van der Waals surface area contributed by atoms with Crippen LogP contribution >= 0.6 is 23.4 Å². The Morgan fingerprint density at radius 3 is 2.69 bits per heavy atom. The van der Waals surface area contributed by atoms with Crippen LogP contribution in [0.4, 0.5) is 0 Å². The van der Waals surface area contributed by atoms with E-state index < -0.39 is 11.4 Å². The van der Waals surface area contributed by atoms with Crippen molar-refractivity contribution in [2.45, 2.75) is 23.8 Å². The van der Waals surface area contributed by atoms with Crippen LogP contribution in [-0.2, 0) is 4.79 Å². The van der Waals surface area contributed by atoms with Crippen molar-refractivity contribution in [3.63, 3.8) is 0 Å². The molecule has 0 saturated heterocycles. The van der Waals surface area contributed by atoms with E-state index in [9.17, 15) is 4.79 Å². The highest BCUT2D eigenvalue weighted by Gasteiger charge is 2.24. The molecule has 4 N–H and O–H groups in total. The molecule has 0 saturated carbocycles. The van der Waals surface area contributed by atoms with E-state index in [4.69, 9.17) is 23.1 Å². The first kappa shape index (κ1) is 13.4. The van der Waals surface area contributed by atoms with Gasteiger partial charge in [-0.15, -0.1) is 11.8 Å². The molecule has 1 unspecified atom stereocenters. The third-order valence-corrected chi connectivity index (χ3v) is 3.80. The highest BCUT2D eigenvalue weighted by molar-refractivity contribution is 7.99. The molecule has 1 amide bonds. The second kappa shape index (κ2) is 5.57. The molecule has 3 nitrogen and oxygen atoms in total. The number of amides is 1. The number of thioether (sulfide) groups is 1. The zero-order valence-corrected chi connectivity index (χ0v) is 10.6. The van der Waals surface area contributed by atoms with E-state index in [1.54, 1.807) is 18.7 Å². The van der Waals surface area contributed by atoms with E-state index in [0.29, 0.717) is 17.2 Å². The Kier molecular flexibility index (Phi) is 4.65. The standard InChI is InChI=1S/C11H15ClN2OS/c1-11(14,10(13)15)6-7-16-9-5-3-2-4-8(9)12/h2-5H,6-7,14H2,1H3,(H2,13,15). The summed E-state index contributed by atoms with van der Waals surface area (Å²) in [6, 6.07) is 7.57. The summed E-state index contributed by atoms with van der Waals surface area (Å²) >= 11 is 7.56. The van der Waals surface area contributed by atoms with Gasteiger partial charge in [0.15, 0.2) is 0 Å². The molecule has 16 heavy (non-hydrogen) atoms. The lowest BCUT2D eigenvalue weighted by atomic mass is 10.0. The van der Waals surface area contributed by atoms with Crippen LogP contribution in [0.2, 0.25) is 5.02 Å². The Bertz CT molecular complexity index is 382. The first-order valence-corrected chi connectivity index (χ1v) is 6.26. The number of primary amides is 1. The van der Waals surface area contributed by atoms with Gasteiger partial charge in [-0.1, -0.05) is 23.7 Å². The van der Waals surface area contributed by atoms with Gasteiger partial charge < -0.3 is 11.5 Å². The number of carbonyl (C=O) groups is 1. The second-order valence-electron chi connectivity index (χ2n) is 3.81. The molecule has 0 aromatic heterocycles. The van der Waals surface area contributed by atoms with Crippen LogP contribution in [0.3, 0.4) is 0 Å². The van der Waals surface area contributed by atoms with Crippen LogP contribution in [0.25, 0.3) is 0 Å². The predicted octanol–water partition coefficient (Wildman–Crippen LogP) is 2.02. The average Bonchev–Trinajstić information content (AvgIpc) is 2.20. The summed E-state index contributed by atoms with van der Waals surface area (Å²) < 4.78 is 0. The molecule has 0 radical (unpaired) electrons. The first-order chi connectivity index (χ1) is 7.43. The minimum absolute atomic E-state index is 0.479. The lowest BCUT2D eigenvalue weighted by Crippen LogP contribution is -2.49.